The van der Waals surface area contributed by atoms with Gasteiger partial charge in [-0.1, -0.05) is 53.2 Å². The van der Waals surface area contributed by atoms with E-state index < -0.39 is 0 Å². The Morgan fingerprint density at radius 1 is 1.09 bits per heavy atom. The summed E-state index contributed by atoms with van der Waals surface area (Å²) in [4.78, 5) is 12.5. The van der Waals surface area contributed by atoms with Gasteiger partial charge in [0.1, 0.15) is 17.5 Å². The molecule has 0 aliphatic heterocycles. The van der Waals surface area contributed by atoms with Crippen LogP contribution in [0.3, 0.4) is 0 Å². The minimum atomic E-state index is -0.230. The lowest BCUT2D eigenvalue weighted by molar-refractivity contribution is 0.102. The lowest BCUT2D eigenvalue weighted by atomic mass is 10.1. The monoisotopic (exact) mass is 292 g/mol. The van der Waals surface area contributed by atoms with Crippen molar-refractivity contribution in [1.82, 2.24) is 5.16 Å². The van der Waals surface area contributed by atoms with Crippen LogP contribution in [0.1, 0.15) is 21.5 Å². The molecule has 1 amide bonds. The highest BCUT2D eigenvalue weighted by Crippen LogP contribution is 2.23. The third kappa shape index (κ3) is 2.76. The Bertz CT molecular complexity index is 807. The van der Waals surface area contributed by atoms with Crippen molar-refractivity contribution in [2.75, 3.05) is 5.32 Å². The van der Waals surface area contributed by atoms with Gasteiger partial charge in [-0.2, -0.15) is 0 Å². The van der Waals surface area contributed by atoms with E-state index >= 15 is 0 Å². The number of carbonyl (C=O) groups excluding carboxylic acids is 1. The number of hydrogen-bond acceptors (Lipinski definition) is 3. The van der Waals surface area contributed by atoms with Gasteiger partial charge in [0.15, 0.2) is 0 Å². The number of benzene rings is 2. The minimum absolute atomic E-state index is 0.230. The maximum Gasteiger partial charge on any atom is 0.261 e. The normalized spacial score (nSPS) is 10.5. The van der Waals surface area contributed by atoms with E-state index in [9.17, 15) is 4.79 Å². The largest absolute Gasteiger partial charge is 0.363 e. The molecule has 4 nitrogen and oxygen atoms in total. The van der Waals surface area contributed by atoms with Crippen LogP contribution in [0.5, 0.6) is 0 Å². The van der Waals surface area contributed by atoms with Crippen LogP contribution in [0.15, 0.2) is 59.3 Å². The van der Waals surface area contributed by atoms with Crippen LogP contribution in [-0.2, 0) is 0 Å². The summed E-state index contributed by atoms with van der Waals surface area (Å²) in [6.45, 7) is 3.99. The zero-order valence-electron chi connectivity index (χ0n) is 12.5. The highest BCUT2D eigenvalue weighted by molar-refractivity contribution is 6.08. The number of nitrogens with zero attached hydrogens (tertiary/aromatic N) is 1. The van der Waals surface area contributed by atoms with Gasteiger partial charge in [0.2, 0.25) is 0 Å². The molecule has 1 aromatic heterocycles. The van der Waals surface area contributed by atoms with E-state index in [-0.39, 0.29) is 5.91 Å². The second-order valence-corrected chi connectivity index (χ2v) is 5.22. The number of anilines is 1. The molecular weight excluding hydrogens is 276 g/mol. The van der Waals surface area contributed by atoms with Crippen molar-refractivity contribution in [2.24, 2.45) is 0 Å². The molecule has 0 saturated carbocycles. The molecule has 4 heteroatoms. The van der Waals surface area contributed by atoms with Crippen molar-refractivity contribution >= 4 is 11.6 Å². The molecule has 1 N–H and O–H groups in total. The minimum Gasteiger partial charge on any atom is -0.363 e. The van der Waals surface area contributed by atoms with E-state index in [1.54, 1.807) is 0 Å². The van der Waals surface area contributed by atoms with Crippen molar-refractivity contribution in [1.29, 1.82) is 0 Å². The summed E-state index contributed by atoms with van der Waals surface area (Å²) < 4.78 is 5.00. The first-order chi connectivity index (χ1) is 10.6. The topological polar surface area (TPSA) is 55.1 Å². The fourth-order valence-corrected chi connectivity index (χ4v) is 2.35. The van der Waals surface area contributed by atoms with Gasteiger partial charge in [-0.05, 0) is 25.5 Å². The van der Waals surface area contributed by atoms with Crippen LogP contribution in [0.4, 0.5) is 5.69 Å². The highest BCUT2D eigenvalue weighted by Gasteiger charge is 2.17. The number of aromatic nitrogens is 1. The fourth-order valence-electron chi connectivity index (χ4n) is 2.35. The van der Waals surface area contributed by atoms with Gasteiger partial charge in [-0.3, -0.25) is 4.79 Å². The maximum atomic E-state index is 12.5. The van der Waals surface area contributed by atoms with E-state index in [0.29, 0.717) is 11.3 Å². The smallest absolute Gasteiger partial charge is 0.261 e. The third-order valence-electron chi connectivity index (χ3n) is 3.49. The number of aryl methyl sites for hydroxylation is 2. The van der Waals surface area contributed by atoms with E-state index in [0.717, 1.165) is 22.4 Å². The first-order valence-electron chi connectivity index (χ1n) is 7.03. The molecule has 0 aliphatic carbocycles. The molecule has 0 bridgehead atoms. The predicted molar refractivity (Wildman–Crippen MR) is 85.8 cm³/mol. The second-order valence-electron chi connectivity index (χ2n) is 5.22. The average molecular weight is 292 g/mol. The van der Waals surface area contributed by atoms with Gasteiger partial charge in [0.05, 0.1) is 0 Å². The van der Waals surface area contributed by atoms with Gasteiger partial charge >= 0.3 is 0 Å². The van der Waals surface area contributed by atoms with Crippen LogP contribution in [-0.4, -0.2) is 11.1 Å². The van der Waals surface area contributed by atoms with Gasteiger partial charge in [-0.25, -0.2) is 0 Å². The quantitative estimate of drug-likeness (QED) is 0.786. The van der Waals surface area contributed by atoms with Crippen molar-refractivity contribution in [2.45, 2.75) is 13.8 Å². The molecule has 3 rings (SSSR count). The van der Waals surface area contributed by atoms with E-state index in [4.69, 9.17) is 4.52 Å². The molecule has 0 radical (unpaired) electrons. The molecule has 3 aromatic rings. The Hall–Kier alpha value is -2.88. The Morgan fingerprint density at radius 3 is 2.59 bits per heavy atom. The molecule has 0 saturated heterocycles. The zero-order valence-corrected chi connectivity index (χ0v) is 12.5. The molecule has 110 valence electrons. The summed E-state index contributed by atoms with van der Waals surface area (Å²) in [6, 6.07) is 15.4. The molecule has 0 unspecified atom stereocenters. The Kier molecular flexibility index (Phi) is 3.74. The lowest BCUT2D eigenvalue weighted by Gasteiger charge is -2.08. The number of carbonyl (C=O) groups is 1. The molecule has 22 heavy (non-hydrogen) atoms. The summed E-state index contributed by atoms with van der Waals surface area (Å²) in [5, 5.41) is 6.86. The molecular formula is C18H16N2O2. The second kappa shape index (κ2) is 5.85. The zero-order chi connectivity index (χ0) is 15.5. The molecule has 0 fully saturated rings. The van der Waals surface area contributed by atoms with Crippen molar-refractivity contribution in [3.63, 3.8) is 0 Å². The Labute approximate surface area is 128 Å². The Morgan fingerprint density at radius 2 is 1.86 bits per heavy atom. The van der Waals surface area contributed by atoms with E-state index in [1.165, 1.54) is 6.26 Å². The van der Waals surface area contributed by atoms with Crippen molar-refractivity contribution < 1.29 is 9.32 Å². The van der Waals surface area contributed by atoms with Crippen LogP contribution in [0.25, 0.3) is 11.3 Å². The maximum absolute atomic E-state index is 12.5. The molecule has 0 atom stereocenters. The van der Waals surface area contributed by atoms with Gasteiger partial charge < -0.3 is 9.84 Å². The lowest BCUT2D eigenvalue weighted by Crippen LogP contribution is -2.13. The van der Waals surface area contributed by atoms with Crippen molar-refractivity contribution in [3.8, 4) is 11.3 Å². The first kappa shape index (κ1) is 14.1. The van der Waals surface area contributed by atoms with Crippen LogP contribution < -0.4 is 5.32 Å². The number of nitrogens with one attached hydrogen (secondary N) is 1. The third-order valence-corrected chi connectivity index (χ3v) is 3.49. The summed E-state index contributed by atoms with van der Waals surface area (Å²) in [6.07, 6.45) is 1.38. The standard InChI is InChI=1S/C18H16N2O2/c1-12-8-9-16(13(2)10-12)19-18(21)15-11-22-20-17(15)14-6-4-3-5-7-14/h3-11H,1-2H3,(H,19,21). The molecule has 0 aliphatic rings. The summed E-state index contributed by atoms with van der Waals surface area (Å²) in [7, 11) is 0. The van der Waals surface area contributed by atoms with Crippen LogP contribution >= 0.6 is 0 Å². The molecule has 2 aromatic carbocycles. The number of hydrogen-bond donors (Lipinski definition) is 1. The van der Waals surface area contributed by atoms with Crippen LogP contribution in [0.2, 0.25) is 0 Å². The van der Waals surface area contributed by atoms with E-state index in [2.05, 4.69) is 10.5 Å². The SMILES string of the molecule is Cc1ccc(NC(=O)c2conc2-c2ccccc2)c(C)c1. The fraction of sp³-hybridized carbons (Fsp3) is 0.111. The number of rotatable bonds is 3. The summed E-state index contributed by atoms with van der Waals surface area (Å²) >= 11 is 0. The van der Waals surface area contributed by atoms with Gasteiger partial charge in [-0.15, -0.1) is 0 Å². The first-order valence-corrected chi connectivity index (χ1v) is 7.03. The van der Waals surface area contributed by atoms with Crippen molar-refractivity contribution in [3.05, 3.63) is 71.5 Å². The van der Waals surface area contributed by atoms with Crippen LogP contribution in [0, 0.1) is 13.8 Å². The Balaban J connectivity index is 1.89. The predicted octanol–water partition coefficient (Wildman–Crippen LogP) is 4.21. The highest BCUT2D eigenvalue weighted by atomic mass is 16.5. The molecule has 1 heterocycles. The average Bonchev–Trinajstić information content (AvgIpc) is 3.00. The molecule has 0 spiro atoms. The van der Waals surface area contributed by atoms with E-state index in [1.807, 2.05) is 62.4 Å². The summed E-state index contributed by atoms with van der Waals surface area (Å²) in [5.41, 5.74) is 4.78. The van der Waals surface area contributed by atoms with Gasteiger partial charge in [0.25, 0.3) is 5.91 Å². The number of amides is 1. The summed E-state index contributed by atoms with van der Waals surface area (Å²) in [5.74, 6) is -0.230. The van der Waals surface area contributed by atoms with Gasteiger partial charge in [0, 0.05) is 11.3 Å².